The van der Waals surface area contributed by atoms with Gasteiger partial charge in [-0.3, -0.25) is 4.79 Å². The first-order chi connectivity index (χ1) is 15.0. The number of benzene rings is 1. The second-order valence-electron chi connectivity index (χ2n) is 9.61. The Balaban J connectivity index is 1.09. The van der Waals surface area contributed by atoms with Gasteiger partial charge in [-0.15, -0.1) is 10.2 Å². The molecule has 0 spiro atoms. The topological polar surface area (TPSA) is 54.9 Å². The second-order valence-corrected chi connectivity index (χ2v) is 13.5. The highest BCUT2D eigenvalue weighted by Crippen LogP contribution is 2.61. The van der Waals surface area contributed by atoms with Crippen LogP contribution in [0.4, 0.5) is 0 Å². The molecule has 4 aliphatic carbocycles. The van der Waals surface area contributed by atoms with Crippen molar-refractivity contribution in [1.29, 1.82) is 0 Å². The Morgan fingerprint density at radius 1 is 1.10 bits per heavy atom. The van der Waals surface area contributed by atoms with Crippen LogP contribution in [-0.4, -0.2) is 27.9 Å². The molecule has 0 saturated heterocycles. The van der Waals surface area contributed by atoms with Gasteiger partial charge in [0.25, 0.3) is 0 Å². The summed E-state index contributed by atoms with van der Waals surface area (Å²) in [6.07, 6.45) is 8.26. The summed E-state index contributed by atoms with van der Waals surface area (Å²) in [5, 5.41) is 12.6. The summed E-state index contributed by atoms with van der Waals surface area (Å²) in [4.78, 5) is 12.7. The highest BCUT2D eigenvalue weighted by atomic mass is 35.5. The lowest BCUT2D eigenvalue weighted by Crippen LogP contribution is -2.56. The number of aromatic nitrogens is 2. The smallest absolute Gasteiger partial charge is 0.230 e. The number of amides is 1. The zero-order valence-electron chi connectivity index (χ0n) is 17.7. The molecule has 1 amide bonds. The molecule has 0 aliphatic heterocycles. The third-order valence-corrected chi connectivity index (χ3v) is 10.9. The third-order valence-electron chi connectivity index (χ3n) is 7.37. The largest absolute Gasteiger partial charge is 0.352 e. The number of halogens is 1. The molecule has 4 fully saturated rings. The minimum atomic E-state index is 0.124. The molecule has 1 heterocycles. The van der Waals surface area contributed by atoms with Crippen molar-refractivity contribution in [1.82, 2.24) is 15.5 Å². The molecule has 4 bridgehead atoms. The maximum absolute atomic E-state index is 12.7. The molecule has 31 heavy (non-hydrogen) atoms. The van der Waals surface area contributed by atoms with Crippen LogP contribution in [0.25, 0.3) is 0 Å². The fourth-order valence-corrected chi connectivity index (χ4v) is 9.22. The number of rotatable bonds is 8. The molecule has 4 saturated carbocycles. The highest BCUT2D eigenvalue weighted by Gasteiger charge is 2.53. The van der Waals surface area contributed by atoms with Gasteiger partial charge in [0.05, 0.1) is 5.75 Å². The number of hydrogen-bond donors (Lipinski definition) is 1. The molecule has 8 heteroatoms. The monoisotopic (exact) mass is 493 g/mol. The highest BCUT2D eigenvalue weighted by molar-refractivity contribution is 8.03. The summed E-state index contributed by atoms with van der Waals surface area (Å²) in [7, 11) is 0. The van der Waals surface area contributed by atoms with Crippen LogP contribution in [0.3, 0.4) is 0 Å². The van der Waals surface area contributed by atoms with Gasteiger partial charge in [-0.05, 0) is 86.3 Å². The summed E-state index contributed by atoms with van der Waals surface area (Å²) < 4.78 is 1.79. The van der Waals surface area contributed by atoms with Gasteiger partial charge in [0.1, 0.15) is 0 Å². The average molecular weight is 494 g/mol. The normalized spacial score (nSPS) is 29.8. The first kappa shape index (κ1) is 22.1. The minimum Gasteiger partial charge on any atom is -0.352 e. The van der Waals surface area contributed by atoms with E-state index in [1.807, 2.05) is 24.3 Å². The van der Waals surface area contributed by atoms with Gasteiger partial charge >= 0.3 is 0 Å². The zero-order chi connectivity index (χ0) is 21.4. The standard InChI is InChI=1S/C23H28ClN3OS3/c1-14(23-9-16-6-17(10-23)8-18(7-16)11-23)25-20(28)13-30-22-27-26-21(31-22)29-12-15-2-4-19(24)5-3-15/h2-5,14,16-18H,6-13H2,1H3,(H,25,28)/t14-,16?,17?,18?,23?/m1/s1. The van der Waals surface area contributed by atoms with Crippen LogP contribution in [0, 0.1) is 23.2 Å². The fraction of sp³-hybridized carbons (Fsp3) is 0.609. The Hall–Kier alpha value is -0.760. The van der Waals surface area contributed by atoms with Crippen LogP contribution in [0.2, 0.25) is 5.02 Å². The summed E-state index contributed by atoms with van der Waals surface area (Å²) >= 11 is 10.7. The van der Waals surface area contributed by atoms with Crippen molar-refractivity contribution in [3.63, 3.8) is 0 Å². The minimum absolute atomic E-state index is 0.124. The predicted octanol–water partition coefficient (Wildman–Crippen LogP) is 6.30. The lowest BCUT2D eigenvalue weighted by Gasteiger charge is -2.59. The van der Waals surface area contributed by atoms with E-state index in [2.05, 4.69) is 22.4 Å². The number of hydrogen-bond acceptors (Lipinski definition) is 6. The van der Waals surface area contributed by atoms with Gasteiger partial charge in [0.2, 0.25) is 5.91 Å². The summed E-state index contributed by atoms with van der Waals surface area (Å²) in [6.45, 7) is 2.24. The molecule has 1 N–H and O–H groups in total. The van der Waals surface area contributed by atoms with Crippen molar-refractivity contribution >= 4 is 52.4 Å². The number of nitrogens with one attached hydrogen (secondary N) is 1. The molecule has 2 aromatic rings. The van der Waals surface area contributed by atoms with Crippen molar-refractivity contribution in [2.24, 2.45) is 23.2 Å². The van der Waals surface area contributed by atoms with Crippen molar-refractivity contribution in [2.45, 2.75) is 65.9 Å². The second kappa shape index (κ2) is 9.24. The van der Waals surface area contributed by atoms with E-state index in [0.717, 1.165) is 37.2 Å². The van der Waals surface area contributed by atoms with E-state index >= 15 is 0 Å². The number of nitrogens with zero attached hydrogens (tertiary/aromatic N) is 2. The molecule has 6 rings (SSSR count). The number of carbonyl (C=O) groups excluding carboxylic acids is 1. The van der Waals surface area contributed by atoms with E-state index < -0.39 is 0 Å². The predicted molar refractivity (Wildman–Crippen MR) is 130 cm³/mol. The zero-order valence-corrected chi connectivity index (χ0v) is 20.9. The van der Waals surface area contributed by atoms with Crippen molar-refractivity contribution in [3.05, 3.63) is 34.9 Å². The van der Waals surface area contributed by atoms with Crippen LogP contribution < -0.4 is 5.32 Å². The molecule has 4 nitrogen and oxygen atoms in total. The van der Waals surface area contributed by atoms with Crippen molar-refractivity contribution < 1.29 is 4.79 Å². The summed E-state index contributed by atoms with van der Waals surface area (Å²) in [6, 6.07) is 8.14. The van der Waals surface area contributed by atoms with Gasteiger partial charge < -0.3 is 5.32 Å². The Morgan fingerprint density at radius 2 is 1.68 bits per heavy atom. The molecule has 1 aromatic carbocycles. The first-order valence-corrected chi connectivity index (χ1v) is 14.3. The molecule has 4 aliphatic rings. The van der Waals surface area contributed by atoms with E-state index in [9.17, 15) is 4.79 Å². The average Bonchev–Trinajstić information content (AvgIpc) is 3.19. The summed E-state index contributed by atoms with van der Waals surface area (Å²) in [5.41, 5.74) is 1.56. The van der Waals surface area contributed by atoms with Gasteiger partial charge in [-0.2, -0.15) is 0 Å². The number of carbonyl (C=O) groups is 1. The lowest BCUT2D eigenvalue weighted by molar-refractivity contribution is -0.123. The Labute approximate surface area is 201 Å². The molecule has 1 atom stereocenters. The van der Waals surface area contributed by atoms with Crippen LogP contribution in [0.1, 0.15) is 51.0 Å². The van der Waals surface area contributed by atoms with E-state index in [4.69, 9.17) is 11.6 Å². The summed E-state index contributed by atoms with van der Waals surface area (Å²) in [5.74, 6) is 4.09. The van der Waals surface area contributed by atoms with E-state index in [1.54, 1.807) is 23.1 Å². The van der Waals surface area contributed by atoms with Crippen molar-refractivity contribution in [3.8, 4) is 0 Å². The molecular weight excluding hydrogens is 466 g/mol. The van der Waals surface area contributed by atoms with Gasteiger partial charge in [-0.25, -0.2) is 0 Å². The molecule has 0 radical (unpaired) electrons. The first-order valence-electron chi connectivity index (χ1n) is 11.1. The Kier molecular flexibility index (Phi) is 6.57. The van der Waals surface area contributed by atoms with Crippen LogP contribution in [0.5, 0.6) is 0 Å². The Bertz CT molecular complexity index is 897. The Morgan fingerprint density at radius 3 is 2.29 bits per heavy atom. The van der Waals surface area contributed by atoms with Crippen molar-refractivity contribution in [2.75, 3.05) is 5.75 Å². The van der Waals surface area contributed by atoms with Crippen LogP contribution >= 0.6 is 46.5 Å². The number of thioether (sulfide) groups is 2. The maximum Gasteiger partial charge on any atom is 0.230 e. The van der Waals surface area contributed by atoms with E-state index in [1.165, 1.54) is 55.9 Å². The van der Waals surface area contributed by atoms with Crippen LogP contribution in [-0.2, 0) is 10.5 Å². The molecular formula is C23H28ClN3OS3. The molecule has 166 valence electrons. The molecule has 0 unspecified atom stereocenters. The fourth-order valence-electron chi connectivity index (χ4n) is 6.31. The molecule has 1 aromatic heterocycles. The van der Waals surface area contributed by atoms with E-state index in [0.29, 0.717) is 11.2 Å². The SMILES string of the molecule is C[C@@H](NC(=O)CSc1nnc(SCc2ccc(Cl)cc2)s1)C12CC3CC(CC(C3)C1)C2. The van der Waals surface area contributed by atoms with Gasteiger partial charge in [0, 0.05) is 16.8 Å². The maximum atomic E-state index is 12.7. The van der Waals surface area contributed by atoms with Gasteiger partial charge in [0.15, 0.2) is 8.68 Å². The van der Waals surface area contributed by atoms with Crippen LogP contribution in [0.15, 0.2) is 32.9 Å². The van der Waals surface area contributed by atoms with E-state index in [-0.39, 0.29) is 11.9 Å². The quantitative estimate of drug-likeness (QED) is 0.437. The lowest BCUT2D eigenvalue weighted by atomic mass is 9.48. The van der Waals surface area contributed by atoms with Gasteiger partial charge in [-0.1, -0.05) is 58.6 Å². The third kappa shape index (κ3) is 5.10.